The summed E-state index contributed by atoms with van der Waals surface area (Å²) in [5, 5.41) is 14.2. The molecule has 0 atom stereocenters. The third-order valence-electron chi connectivity index (χ3n) is 3.71. The van der Waals surface area contributed by atoms with Crippen LogP contribution in [0.5, 0.6) is 5.75 Å². The highest BCUT2D eigenvalue weighted by Gasteiger charge is 2.09. The van der Waals surface area contributed by atoms with Crippen molar-refractivity contribution in [2.75, 3.05) is 12.4 Å². The first-order chi connectivity index (χ1) is 11.3. The molecule has 0 bridgehead atoms. The van der Waals surface area contributed by atoms with Gasteiger partial charge in [-0.15, -0.1) is 11.3 Å². The van der Waals surface area contributed by atoms with Crippen LogP contribution in [0.4, 0.5) is 11.5 Å². The highest BCUT2D eigenvalue weighted by molar-refractivity contribution is 7.17. The third kappa shape index (κ3) is 2.66. The minimum absolute atomic E-state index is 0.792. The second kappa shape index (κ2) is 5.78. The van der Waals surface area contributed by atoms with Crippen LogP contribution in [0.3, 0.4) is 0 Å². The molecule has 0 radical (unpaired) electrons. The molecule has 4 nitrogen and oxygen atoms in total. The Kier molecular flexibility index (Phi) is 3.48. The minimum Gasteiger partial charge on any atom is -0.497 e. The first kappa shape index (κ1) is 13.8. The summed E-state index contributed by atoms with van der Waals surface area (Å²) in [7, 11) is 1.66. The van der Waals surface area contributed by atoms with E-state index < -0.39 is 0 Å². The Morgan fingerprint density at radius 2 is 1.91 bits per heavy atom. The van der Waals surface area contributed by atoms with Crippen LogP contribution in [0, 0.1) is 0 Å². The van der Waals surface area contributed by atoms with E-state index in [1.54, 1.807) is 18.4 Å². The Morgan fingerprint density at radius 1 is 1.09 bits per heavy atom. The van der Waals surface area contributed by atoms with E-state index in [-0.39, 0.29) is 0 Å². The van der Waals surface area contributed by atoms with Gasteiger partial charge in [0.05, 0.1) is 12.8 Å². The molecule has 0 saturated heterocycles. The van der Waals surface area contributed by atoms with E-state index in [9.17, 15) is 0 Å². The highest BCUT2D eigenvalue weighted by Crippen LogP contribution is 2.33. The normalized spacial score (nSPS) is 10.8. The van der Waals surface area contributed by atoms with Crippen LogP contribution in [0.1, 0.15) is 0 Å². The van der Waals surface area contributed by atoms with E-state index in [2.05, 4.69) is 45.2 Å². The van der Waals surface area contributed by atoms with Gasteiger partial charge in [0.1, 0.15) is 5.75 Å². The predicted octanol–water partition coefficient (Wildman–Crippen LogP) is 5.04. The number of nitrogens with one attached hydrogen (secondary N) is 2. The zero-order chi connectivity index (χ0) is 15.6. The average molecular weight is 321 g/mol. The number of methoxy groups -OCH3 is 1. The van der Waals surface area contributed by atoms with E-state index >= 15 is 0 Å². The molecule has 5 heteroatoms. The van der Waals surface area contributed by atoms with Crippen LogP contribution >= 0.6 is 11.3 Å². The maximum atomic E-state index is 5.16. The number of ether oxygens (including phenoxy) is 1. The van der Waals surface area contributed by atoms with Gasteiger partial charge < -0.3 is 10.1 Å². The molecule has 2 aromatic heterocycles. The largest absolute Gasteiger partial charge is 0.497 e. The Labute approximate surface area is 137 Å². The summed E-state index contributed by atoms with van der Waals surface area (Å²) < 4.78 is 6.44. The van der Waals surface area contributed by atoms with Crippen molar-refractivity contribution in [2.45, 2.75) is 0 Å². The first-order valence-corrected chi connectivity index (χ1v) is 8.14. The quantitative estimate of drug-likeness (QED) is 0.553. The number of nitrogens with zero attached hydrogens (tertiary/aromatic N) is 1. The van der Waals surface area contributed by atoms with E-state index in [0.29, 0.717) is 0 Å². The van der Waals surface area contributed by atoms with Gasteiger partial charge in [0, 0.05) is 32.8 Å². The molecule has 4 aromatic rings. The van der Waals surface area contributed by atoms with Crippen molar-refractivity contribution < 1.29 is 4.74 Å². The Bertz CT molecular complexity index is 940. The number of benzene rings is 2. The summed E-state index contributed by atoms with van der Waals surface area (Å²) in [4.78, 5) is 0. The lowest BCUT2D eigenvalue weighted by molar-refractivity contribution is 0.415. The van der Waals surface area contributed by atoms with E-state index in [4.69, 9.17) is 4.74 Å². The van der Waals surface area contributed by atoms with Crippen LogP contribution in [0.2, 0.25) is 0 Å². The zero-order valence-corrected chi connectivity index (χ0v) is 13.4. The van der Waals surface area contributed by atoms with Crippen molar-refractivity contribution in [1.82, 2.24) is 10.2 Å². The van der Waals surface area contributed by atoms with Crippen molar-refractivity contribution in [1.29, 1.82) is 0 Å². The Morgan fingerprint density at radius 3 is 2.74 bits per heavy atom. The van der Waals surface area contributed by atoms with Crippen LogP contribution in [-0.4, -0.2) is 17.3 Å². The highest BCUT2D eigenvalue weighted by atomic mass is 32.1. The summed E-state index contributed by atoms with van der Waals surface area (Å²) in [6, 6.07) is 18.2. The molecule has 2 aromatic carbocycles. The van der Waals surface area contributed by atoms with E-state index in [1.807, 2.05) is 30.3 Å². The molecule has 0 spiro atoms. The second-order valence-electron chi connectivity index (χ2n) is 5.17. The average Bonchev–Trinajstić information content (AvgIpc) is 3.22. The molecular formula is C18H15N3OS. The standard InChI is InChI=1S/C18H15N3OS/c1-22-13-8-6-12(7-9-13)19-18-10-16(20-21-18)15-11-23-17-5-3-2-4-14(15)17/h2-11H,1H3,(H2,19,20,21). The maximum absolute atomic E-state index is 5.16. The number of aromatic amines is 1. The number of fused-ring (bicyclic) bond motifs is 1. The van der Waals surface area contributed by atoms with Crippen LogP contribution in [0.25, 0.3) is 21.3 Å². The number of rotatable bonds is 4. The topological polar surface area (TPSA) is 49.9 Å². The second-order valence-corrected chi connectivity index (χ2v) is 6.08. The fourth-order valence-corrected chi connectivity index (χ4v) is 3.49. The number of hydrogen-bond acceptors (Lipinski definition) is 4. The molecule has 0 saturated carbocycles. The zero-order valence-electron chi connectivity index (χ0n) is 12.5. The molecule has 0 amide bonds. The molecule has 0 aliphatic rings. The van der Waals surface area contributed by atoms with Gasteiger partial charge in [0.25, 0.3) is 0 Å². The SMILES string of the molecule is COc1ccc(Nc2cc(-c3csc4ccccc34)[nH]n2)cc1. The van der Waals surface area contributed by atoms with Crippen molar-refractivity contribution in [3.8, 4) is 17.0 Å². The number of thiophene rings is 1. The smallest absolute Gasteiger partial charge is 0.152 e. The summed E-state index contributed by atoms with van der Waals surface area (Å²) in [5.41, 5.74) is 3.17. The number of aromatic nitrogens is 2. The lowest BCUT2D eigenvalue weighted by atomic mass is 10.1. The molecule has 0 aliphatic carbocycles. The molecule has 4 rings (SSSR count). The Hall–Kier alpha value is -2.79. The molecule has 23 heavy (non-hydrogen) atoms. The molecule has 0 aliphatic heterocycles. The number of H-pyrrole nitrogens is 1. The summed E-state index contributed by atoms with van der Waals surface area (Å²) in [6.07, 6.45) is 0. The van der Waals surface area contributed by atoms with E-state index in [0.717, 1.165) is 22.9 Å². The molecule has 2 heterocycles. The lowest BCUT2D eigenvalue weighted by Crippen LogP contribution is -1.90. The van der Waals surface area contributed by atoms with Crippen molar-refractivity contribution in [3.05, 3.63) is 60.0 Å². The van der Waals surface area contributed by atoms with Gasteiger partial charge in [-0.1, -0.05) is 18.2 Å². The molecular weight excluding hydrogens is 306 g/mol. The van der Waals surface area contributed by atoms with Gasteiger partial charge in [-0.05, 0) is 30.3 Å². The van der Waals surface area contributed by atoms with Crippen molar-refractivity contribution >= 4 is 32.9 Å². The summed E-state index contributed by atoms with van der Waals surface area (Å²) in [5.74, 6) is 1.63. The Balaban J connectivity index is 1.61. The maximum Gasteiger partial charge on any atom is 0.152 e. The van der Waals surface area contributed by atoms with Gasteiger partial charge in [-0.3, -0.25) is 5.10 Å². The molecule has 0 fully saturated rings. The summed E-state index contributed by atoms with van der Waals surface area (Å²) in [6.45, 7) is 0. The van der Waals surface area contributed by atoms with Gasteiger partial charge in [0.15, 0.2) is 5.82 Å². The fraction of sp³-hybridized carbons (Fsp3) is 0.0556. The fourth-order valence-electron chi connectivity index (χ4n) is 2.53. The van der Waals surface area contributed by atoms with Crippen molar-refractivity contribution in [3.63, 3.8) is 0 Å². The monoisotopic (exact) mass is 321 g/mol. The molecule has 0 unspecified atom stereocenters. The number of hydrogen-bond donors (Lipinski definition) is 2. The third-order valence-corrected chi connectivity index (χ3v) is 4.67. The lowest BCUT2D eigenvalue weighted by Gasteiger charge is -2.03. The van der Waals surface area contributed by atoms with Crippen LogP contribution < -0.4 is 10.1 Å². The van der Waals surface area contributed by atoms with Crippen molar-refractivity contribution in [2.24, 2.45) is 0 Å². The molecule has 114 valence electrons. The molecule has 2 N–H and O–H groups in total. The van der Waals surface area contributed by atoms with Gasteiger partial charge in [0.2, 0.25) is 0 Å². The van der Waals surface area contributed by atoms with Crippen LogP contribution in [0.15, 0.2) is 60.0 Å². The van der Waals surface area contributed by atoms with E-state index in [1.165, 1.54) is 15.6 Å². The van der Waals surface area contributed by atoms with Crippen LogP contribution in [-0.2, 0) is 0 Å². The number of anilines is 2. The predicted molar refractivity (Wildman–Crippen MR) is 95.7 cm³/mol. The minimum atomic E-state index is 0.792. The van der Waals surface area contributed by atoms with Gasteiger partial charge in [-0.25, -0.2) is 0 Å². The van der Waals surface area contributed by atoms with Gasteiger partial charge >= 0.3 is 0 Å². The summed E-state index contributed by atoms with van der Waals surface area (Å²) >= 11 is 1.74. The first-order valence-electron chi connectivity index (χ1n) is 7.26. The van der Waals surface area contributed by atoms with Gasteiger partial charge in [-0.2, -0.15) is 5.10 Å².